The van der Waals surface area contributed by atoms with Gasteiger partial charge in [0.2, 0.25) is 0 Å². The fourth-order valence-corrected chi connectivity index (χ4v) is 5.12. The van der Waals surface area contributed by atoms with Crippen molar-refractivity contribution >= 4 is 29.3 Å². The number of thioether (sulfide) groups is 1. The molecule has 168 valence electrons. The van der Waals surface area contributed by atoms with Crippen molar-refractivity contribution < 1.29 is 9.53 Å². The van der Waals surface area contributed by atoms with Gasteiger partial charge in [0.15, 0.2) is 11.0 Å². The number of carbonyl (C=O) groups is 1. The molecule has 4 rings (SSSR count). The lowest BCUT2D eigenvalue weighted by Crippen LogP contribution is -2.27. The molecule has 1 fully saturated rings. The summed E-state index contributed by atoms with van der Waals surface area (Å²) in [7, 11) is 1.69. The number of likely N-dealkylation sites (tertiary alicyclic amines) is 1. The fraction of sp³-hybridized carbons (Fsp3) is 0.375. The zero-order valence-corrected chi connectivity index (χ0v) is 19.9. The molecule has 1 aromatic heterocycles. The SMILES string of the molecule is COC[C@H](C)n1c(SCc2ccc(C(=O)N3CCCC3)cc2)nnc1-c1ccccc1Cl. The molecule has 0 bridgehead atoms. The van der Waals surface area contributed by atoms with Crippen LogP contribution in [0.1, 0.15) is 41.7 Å². The van der Waals surface area contributed by atoms with Crippen LogP contribution in [0.5, 0.6) is 0 Å². The Morgan fingerprint density at radius 2 is 1.84 bits per heavy atom. The molecule has 32 heavy (non-hydrogen) atoms. The maximum absolute atomic E-state index is 12.6. The van der Waals surface area contributed by atoms with Gasteiger partial charge in [-0.2, -0.15) is 0 Å². The Hall–Kier alpha value is -2.35. The molecule has 0 N–H and O–H groups in total. The summed E-state index contributed by atoms with van der Waals surface area (Å²) >= 11 is 8.04. The molecular formula is C24H27ClN4O2S. The molecule has 3 aromatic rings. The second-order valence-electron chi connectivity index (χ2n) is 7.95. The van der Waals surface area contributed by atoms with Crippen molar-refractivity contribution in [3.8, 4) is 11.4 Å². The van der Waals surface area contributed by atoms with E-state index in [4.69, 9.17) is 16.3 Å². The van der Waals surface area contributed by atoms with Crippen LogP contribution in [0.25, 0.3) is 11.4 Å². The Kier molecular flexibility index (Phi) is 7.50. The Labute approximate surface area is 197 Å². The highest BCUT2D eigenvalue weighted by atomic mass is 35.5. The van der Waals surface area contributed by atoms with Gasteiger partial charge in [0.1, 0.15) is 0 Å². The minimum Gasteiger partial charge on any atom is -0.383 e. The highest BCUT2D eigenvalue weighted by Crippen LogP contribution is 2.33. The van der Waals surface area contributed by atoms with E-state index < -0.39 is 0 Å². The van der Waals surface area contributed by atoms with E-state index in [0.717, 1.165) is 59.4 Å². The molecule has 2 aromatic carbocycles. The Bertz CT molecular complexity index is 1060. The average molecular weight is 471 g/mol. The Balaban J connectivity index is 1.51. The molecule has 1 amide bonds. The quantitative estimate of drug-likeness (QED) is 0.416. The zero-order chi connectivity index (χ0) is 22.5. The number of methoxy groups -OCH3 is 1. The minimum atomic E-state index is 0.0456. The highest BCUT2D eigenvalue weighted by molar-refractivity contribution is 7.98. The maximum atomic E-state index is 12.6. The van der Waals surface area contributed by atoms with Gasteiger partial charge < -0.3 is 9.64 Å². The lowest BCUT2D eigenvalue weighted by Gasteiger charge is -2.18. The average Bonchev–Trinajstić information content (AvgIpc) is 3.48. The van der Waals surface area contributed by atoms with Crippen molar-refractivity contribution in [2.75, 3.05) is 26.8 Å². The van der Waals surface area contributed by atoms with E-state index in [1.54, 1.807) is 18.9 Å². The van der Waals surface area contributed by atoms with Crippen LogP contribution >= 0.6 is 23.4 Å². The summed E-state index contributed by atoms with van der Waals surface area (Å²) in [6, 6.07) is 15.6. The van der Waals surface area contributed by atoms with Gasteiger partial charge >= 0.3 is 0 Å². The summed E-state index contributed by atoms with van der Waals surface area (Å²) < 4.78 is 7.47. The molecule has 0 unspecified atom stereocenters. The van der Waals surface area contributed by atoms with Crippen LogP contribution in [0, 0.1) is 0 Å². The van der Waals surface area contributed by atoms with Crippen molar-refractivity contribution in [3.63, 3.8) is 0 Å². The molecular weight excluding hydrogens is 444 g/mol. The Morgan fingerprint density at radius 3 is 2.53 bits per heavy atom. The normalized spacial score (nSPS) is 14.7. The second-order valence-corrected chi connectivity index (χ2v) is 9.29. The maximum Gasteiger partial charge on any atom is 0.253 e. The summed E-state index contributed by atoms with van der Waals surface area (Å²) in [4.78, 5) is 14.5. The van der Waals surface area contributed by atoms with E-state index in [-0.39, 0.29) is 11.9 Å². The van der Waals surface area contributed by atoms with Crippen molar-refractivity contribution in [2.24, 2.45) is 0 Å². The summed E-state index contributed by atoms with van der Waals surface area (Å²) in [6.45, 7) is 4.34. The van der Waals surface area contributed by atoms with Crippen LogP contribution < -0.4 is 0 Å². The molecule has 2 heterocycles. The number of rotatable bonds is 8. The van der Waals surface area contributed by atoms with Gasteiger partial charge in [-0.15, -0.1) is 10.2 Å². The third-order valence-electron chi connectivity index (χ3n) is 5.59. The van der Waals surface area contributed by atoms with Crippen molar-refractivity contribution in [1.82, 2.24) is 19.7 Å². The van der Waals surface area contributed by atoms with Crippen LogP contribution in [0.15, 0.2) is 53.7 Å². The van der Waals surface area contributed by atoms with E-state index in [1.807, 2.05) is 53.4 Å². The lowest BCUT2D eigenvalue weighted by atomic mass is 10.1. The number of amides is 1. The molecule has 8 heteroatoms. The largest absolute Gasteiger partial charge is 0.383 e. The second kappa shape index (κ2) is 10.5. The standard InChI is InChI=1S/C24H27ClN4O2S/c1-17(15-31-2)29-22(20-7-3-4-8-21(20)25)26-27-24(29)32-16-18-9-11-19(12-10-18)23(30)28-13-5-6-14-28/h3-4,7-12,17H,5-6,13-16H2,1-2H3/t17-/m0/s1. The van der Waals surface area contributed by atoms with Crippen LogP contribution in [0.4, 0.5) is 0 Å². The van der Waals surface area contributed by atoms with Gasteiger partial charge in [-0.1, -0.05) is 47.6 Å². The summed E-state index contributed by atoms with van der Waals surface area (Å²) in [6.07, 6.45) is 2.19. The van der Waals surface area contributed by atoms with E-state index in [2.05, 4.69) is 21.7 Å². The van der Waals surface area contributed by atoms with Gasteiger partial charge in [0.25, 0.3) is 5.91 Å². The molecule has 6 nitrogen and oxygen atoms in total. The number of nitrogens with zero attached hydrogens (tertiary/aromatic N) is 4. The van der Waals surface area contributed by atoms with Crippen molar-refractivity contribution in [3.05, 3.63) is 64.7 Å². The number of carbonyl (C=O) groups excluding carboxylic acids is 1. The predicted octanol–water partition coefficient (Wildman–Crippen LogP) is 5.33. The molecule has 1 aliphatic rings. The molecule has 1 atom stereocenters. The summed E-state index contributed by atoms with van der Waals surface area (Å²) in [5.41, 5.74) is 2.72. The third kappa shape index (κ3) is 5.00. The summed E-state index contributed by atoms with van der Waals surface area (Å²) in [5.74, 6) is 1.58. The van der Waals surface area contributed by atoms with Gasteiger partial charge in [-0.25, -0.2) is 0 Å². The predicted molar refractivity (Wildman–Crippen MR) is 128 cm³/mol. The van der Waals surface area contributed by atoms with Crippen LogP contribution in [0.3, 0.4) is 0 Å². The van der Waals surface area contributed by atoms with Gasteiger partial charge in [0.05, 0.1) is 17.7 Å². The number of aromatic nitrogens is 3. The highest BCUT2D eigenvalue weighted by Gasteiger charge is 2.21. The number of hydrogen-bond donors (Lipinski definition) is 0. The smallest absolute Gasteiger partial charge is 0.253 e. The van der Waals surface area contributed by atoms with Gasteiger partial charge in [-0.05, 0) is 49.6 Å². The number of ether oxygens (including phenoxy) is 1. The first-order valence-corrected chi connectivity index (χ1v) is 12.1. The zero-order valence-electron chi connectivity index (χ0n) is 18.3. The number of halogens is 1. The van der Waals surface area contributed by atoms with Crippen LogP contribution in [0.2, 0.25) is 5.02 Å². The van der Waals surface area contributed by atoms with Crippen LogP contribution in [-0.4, -0.2) is 52.4 Å². The minimum absolute atomic E-state index is 0.0456. The topological polar surface area (TPSA) is 60.2 Å². The molecule has 0 aliphatic carbocycles. The van der Waals surface area contributed by atoms with E-state index in [1.165, 1.54) is 0 Å². The number of hydrogen-bond acceptors (Lipinski definition) is 5. The van der Waals surface area contributed by atoms with Crippen molar-refractivity contribution in [2.45, 2.75) is 36.7 Å². The number of benzene rings is 2. The lowest BCUT2D eigenvalue weighted by molar-refractivity contribution is 0.0793. The summed E-state index contributed by atoms with van der Waals surface area (Å²) in [5, 5.41) is 10.3. The first-order chi connectivity index (χ1) is 15.6. The molecule has 0 spiro atoms. The van der Waals surface area contributed by atoms with Crippen molar-refractivity contribution in [1.29, 1.82) is 0 Å². The van der Waals surface area contributed by atoms with Crippen LogP contribution in [-0.2, 0) is 10.5 Å². The molecule has 0 saturated carbocycles. The van der Waals surface area contributed by atoms with Gasteiger partial charge in [-0.3, -0.25) is 9.36 Å². The fourth-order valence-electron chi connectivity index (χ4n) is 3.91. The molecule has 0 radical (unpaired) electrons. The first-order valence-electron chi connectivity index (χ1n) is 10.8. The van der Waals surface area contributed by atoms with Gasteiger partial charge in [0, 0.05) is 37.1 Å². The first kappa shape index (κ1) is 22.8. The van der Waals surface area contributed by atoms with E-state index >= 15 is 0 Å². The van der Waals surface area contributed by atoms with E-state index in [9.17, 15) is 4.79 Å². The Morgan fingerprint density at radius 1 is 1.12 bits per heavy atom. The molecule has 1 aliphatic heterocycles. The molecule has 1 saturated heterocycles. The monoisotopic (exact) mass is 470 g/mol. The third-order valence-corrected chi connectivity index (χ3v) is 6.93. The van der Waals surface area contributed by atoms with E-state index in [0.29, 0.717) is 11.6 Å².